The number of amides is 1. The number of benzene rings is 2. The Bertz CT molecular complexity index is 833. The topological polar surface area (TPSA) is 51.2 Å². The zero-order valence-electron chi connectivity index (χ0n) is 15.5. The fourth-order valence-corrected chi connectivity index (χ4v) is 2.80. The first kappa shape index (κ1) is 18.6. The van der Waals surface area contributed by atoms with Crippen molar-refractivity contribution < 1.29 is 9.53 Å². The van der Waals surface area contributed by atoms with Crippen LogP contribution in [0.4, 0.5) is 0 Å². The fraction of sp³-hybridized carbons (Fsp3) is 0.217. The van der Waals surface area contributed by atoms with Crippen LogP contribution < -0.4 is 10.1 Å². The lowest BCUT2D eigenvalue weighted by molar-refractivity contribution is -0.121. The van der Waals surface area contributed by atoms with Gasteiger partial charge in [-0.25, -0.2) is 0 Å². The van der Waals surface area contributed by atoms with Crippen molar-refractivity contribution in [3.8, 4) is 5.75 Å². The van der Waals surface area contributed by atoms with Crippen LogP contribution in [0.25, 0.3) is 0 Å². The number of hydrogen-bond donors (Lipinski definition) is 1. The minimum Gasteiger partial charge on any atom is -0.489 e. The molecule has 1 atom stereocenters. The number of hydrogen-bond acceptors (Lipinski definition) is 3. The number of nitrogens with zero attached hydrogens (tertiary/aromatic N) is 1. The van der Waals surface area contributed by atoms with Crippen LogP contribution >= 0.6 is 0 Å². The Balaban J connectivity index is 1.46. The van der Waals surface area contributed by atoms with Gasteiger partial charge in [0.15, 0.2) is 0 Å². The number of aryl methyl sites for hydroxylation is 1. The summed E-state index contributed by atoms with van der Waals surface area (Å²) < 4.78 is 5.77. The molecule has 27 heavy (non-hydrogen) atoms. The highest BCUT2D eigenvalue weighted by Gasteiger charge is 2.10. The summed E-state index contributed by atoms with van der Waals surface area (Å²) in [5.41, 5.74) is 3.26. The first-order chi connectivity index (χ1) is 13.2. The van der Waals surface area contributed by atoms with Gasteiger partial charge in [-0.1, -0.05) is 48.5 Å². The Kier molecular flexibility index (Phi) is 6.58. The van der Waals surface area contributed by atoms with Crippen LogP contribution in [0.2, 0.25) is 0 Å². The van der Waals surface area contributed by atoms with E-state index in [1.807, 2.05) is 73.7 Å². The molecule has 1 unspecified atom stereocenters. The first-order valence-corrected chi connectivity index (χ1v) is 9.15. The summed E-state index contributed by atoms with van der Waals surface area (Å²) in [6, 6.07) is 21.7. The fourth-order valence-electron chi connectivity index (χ4n) is 2.80. The molecule has 0 saturated heterocycles. The van der Waals surface area contributed by atoms with Crippen LogP contribution in [0.15, 0.2) is 79.1 Å². The Morgan fingerprint density at radius 1 is 1.00 bits per heavy atom. The van der Waals surface area contributed by atoms with Gasteiger partial charge in [0.2, 0.25) is 5.91 Å². The van der Waals surface area contributed by atoms with Crippen molar-refractivity contribution in [2.45, 2.75) is 32.4 Å². The summed E-state index contributed by atoms with van der Waals surface area (Å²) in [4.78, 5) is 16.3. The van der Waals surface area contributed by atoms with Gasteiger partial charge in [-0.15, -0.1) is 0 Å². The number of rotatable bonds is 8. The van der Waals surface area contributed by atoms with Crippen molar-refractivity contribution in [1.82, 2.24) is 10.3 Å². The Hall–Kier alpha value is -3.14. The maximum absolute atomic E-state index is 12.2. The van der Waals surface area contributed by atoms with E-state index < -0.39 is 0 Å². The standard InChI is InChI=1S/C23H24N2O2/c1-18(25-23(26)14-9-19-6-3-2-4-7-19)21-10-12-22(13-11-21)27-17-20-8-5-15-24-16-20/h2-8,10-13,15-16,18H,9,14,17H2,1H3,(H,25,26). The molecule has 0 bridgehead atoms. The molecule has 0 saturated carbocycles. The van der Waals surface area contributed by atoms with Gasteiger partial charge in [-0.05, 0) is 42.7 Å². The van der Waals surface area contributed by atoms with Crippen molar-refractivity contribution in [3.05, 3.63) is 95.8 Å². The Morgan fingerprint density at radius 3 is 2.44 bits per heavy atom. The average molecular weight is 360 g/mol. The second-order valence-corrected chi connectivity index (χ2v) is 6.49. The largest absolute Gasteiger partial charge is 0.489 e. The normalized spacial score (nSPS) is 11.6. The lowest BCUT2D eigenvalue weighted by Gasteiger charge is -2.15. The van der Waals surface area contributed by atoms with Crippen LogP contribution in [-0.4, -0.2) is 10.9 Å². The van der Waals surface area contributed by atoms with Crippen LogP contribution in [0.1, 0.15) is 36.1 Å². The van der Waals surface area contributed by atoms with E-state index in [4.69, 9.17) is 4.74 Å². The molecule has 138 valence electrons. The molecule has 1 N–H and O–H groups in total. The summed E-state index contributed by atoms with van der Waals surface area (Å²) in [7, 11) is 0. The molecular weight excluding hydrogens is 336 g/mol. The van der Waals surface area contributed by atoms with Crippen molar-refractivity contribution in [2.75, 3.05) is 0 Å². The molecule has 0 fully saturated rings. The van der Waals surface area contributed by atoms with E-state index in [0.717, 1.165) is 23.3 Å². The highest BCUT2D eigenvalue weighted by Crippen LogP contribution is 2.19. The predicted octanol–water partition coefficient (Wildman–Crippen LogP) is 4.47. The van der Waals surface area contributed by atoms with Crippen LogP contribution in [0.5, 0.6) is 5.75 Å². The second-order valence-electron chi connectivity index (χ2n) is 6.49. The number of ether oxygens (including phenoxy) is 1. The first-order valence-electron chi connectivity index (χ1n) is 9.15. The summed E-state index contributed by atoms with van der Waals surface area (Å²) in [6.45, 7) is 2.48. The molecule has 4 nitrogen and oxygen atoms in total. The number of nitrogens with one attached hydrogen (secondary N) is 1. The highest BCUT2D eigenvalue weighted by molar-refractivity contribution is 5.76. The zero-order chi connectivity index (χ0) is 18.9. The highest BCUT2D eigenvalue weighted by atomic mass is 16.5. The Morgan fingerprint density at radius 2 is 1.74 bits per heavy atom. The number of carbonyl (C=O) groups excluding carboxylic acids is 1. The van der Waals surface area contributed by atoms with E-state index in [-0.39, 0.29) is 11.9 Å². The van der Waals surface area contributed by atoms with Gasteiger partial charge in [-0.2, -0.15) is 0 Å². The molecule has 0 radical (unpaired) electrons. The molecule has 1 heterocycles. The third-order valence-corrected chi connectivity index (χ3v) is 4.37. The van der Waals surface area contributed by atoms with E-state index in [9.17, 15) is 4.79 Å². The predicted molar refractivity (Wildman–Crippen MR) is 106 cm³/mol. The van der Waals surface area contributed by atoms with Crippen LogP contribution in [0.3, 0.4) is 0 Å². The van der Waals surface area contributed by atoms with Gasteiger partial charge in [-0.3, -0.25) is 9.78 Å². The summed E-state index contributed by atoms with van der Waals surface area (Å²) in [6.07, 6.45) is 4.77. The monoisotopic (exact) mass is 360 g/mol. The van der Waals surface area contributed by atoms with Gasteiger partial charge in [0.05, 0.1) is 6.04 Å². The molecule has 1 amide bonds. The van der Waals surface area contributed by atoms with E-state index in [0.29, 0.717) is 13.0 Å². The van der Waals surface area contributed by atoms with Crippen molar-refractivity contribution in [1.29, 1.82) is 0 Å². The van der Waals surface area contributed by atoms with E-state index >= 15 is 0 Å². The lowest BCUT2D eigenvalue weighted by Crippen LogP contribution is -2.26. The van der Waals surface area contributed by atoms with Crippen molar-refractivity contribution in [3.63, 3.8) is 0 Å². The molecular formula is C23H24N2O2. The molecule has 0 spiro atoms. The number of aromatic nitrogens is 1. The SMILES string of the molecule is CC(NC(=O)CCc1ccccc1)c1ccc(OCc2cccnc2)cc1. The van der Waals surface area contributed by atoms with E-state index in [1.54, 1.807) is 12.4 Å². The quantitative estimate of drug-likeness (QED) is 0.645. The molecule has 2 aromatic carbocycles. The van der Waals surface area contributed by atoms with Gasteiger partial charge >= 0.3 is 0 Å². The molecule has 3 aromatic rings. The third-order valence-electron chi connectivity index (χ3n) is 4.37. The molecule has 4 heteroatoms. The van der Waals surface area contributed by atoms with Gasteiger partial charge in [0.25, 0.3) is 0 Å². The van der Waals surface area contributed by atoms with Gasteiger partial charge < -0.3 is 10.1 Å². The summed E-state index contributed by atoms with van der Waals surface area (Å²) >= 11 is 0. The third kappa shape index (κ3) is 5.96. The van der Waals surface area contributed by atoms with E-state index in [1.165, 1.54) is 5.56 Å². The maximum Gasteiger partial charge on any atom is 0.220 e. The second kappa shape index (κ2) is 9.53. The molecule has 0 aliphatic heterocycles. The molecule has 0 aliphatic carbocycles. The molecule has 0 aliphatic rings. The smallest absolute Gasteiger partial charge is 0.220 e. The lowest BCUT2D eigenvalue weighted by atomic mass is 10.1. The summed E-state index contributed by atoms with van der Waals surface area (Å²) in [5.74, 6) is 0.855. The maximum atomic E-state index is 12.2. The van der Waals surface area contributed by atoms with Crippen LogP contribution in [0, 0.1) is 0 Å². The number of pyridine rings is 1. The minimum atomic E-state index is -0.0411. The Labute approximate surface area is 160 Å². The van der Waals surface area contributed by atoms with Gasteiger partial charge in [0, 0.05) is 24.4 Å². The van der Waals surface area contributed by atoms with Crippen molar-refractivity contribution in [2.24, 2.45) is 0 Å². The van der Waals surface area contributed by atoms with E-state index in [2.05, 4.69) is 10.3 Å². The van der Waals surface area contributed by atoms with Crippen LogP contribution in [-0.2, 0) is 17.8 Å². The molecule has 3 rings (SSSR count). The summed E-state index contributed by atoms with van der Waals surface area (Å²) in [5, 5.41) is 3.06. The number of carbonyl (C=O) groups is 1. The van der Waals surface area contributed by atoms with Crippen molar-refractivity contribution >= 4 is 5.91 Å². The zero-order valence-corrected chi connectivity index (χ0v) is 15.5. The molecule has 1 aromatic heterocycles. The average Bonchev–Trinajstić information content (AvgIpc) is 2.72. The minimum absolute atomic E-state index is 0.0411. The van der Waals surface area contributed by atoms with Gasteiger partial charge in [0.1, 0.15) is 12.4 Å².